The van der Waals surface area contributed by atoms with Crippen molar-refractivity contribution in [2.24, 2.45) is 0 Å². The van der Waals surface area contributed by atoms with Crippen LogP contribution in [0.25, 0.3) is 0 Å². The average Bonchev–Trinajstić information content (AvgIpc) is 1.82. The molecule has 0 saturated heterocycles. The van der Waals surface area contributed by atoms with Gasteiger partial charge >= 0.3 is 49.7 Å². The van der Waals surface area contributed by atoms with Gasteiger partial charge in [0, 0.05) is 0 Å². The number of hydrogen-bond donors (Lipinski definition) is 1. The Morgan fingerprint density at radius 2 is 1.92 bits per heavy atom. The molecule has 0 spiro atoms. The van der Waals surface area contributed by atoms with E-state index in [1.807, 2.05) is 0 Å². The number of aliphatic carboxylic acids is 1. The molecule has 7 heteroatoms. The molecule has 0 aliphatic heterocycles. The summed E-state index contributed by atoms with van der Waals surface area (Å²) in [6.07, 6.45) is -0.667. The largest absolute Gasteiger partial charge is 1.00 e. The molecule has 0 saturated carbocycles. The molecule has 0 fully saturated rings. The maximum atomic E-state index is 10.3. The van der Waals surface area contributed by atoms with Crippen LogP contribution in [0.3, 0.4) is 0 Å². The van der Waals surface area contributed by atoms with Crippen LogP contribution in [0.15, 0.2) is 0 Å². The van der Waals surface area contributed by atoms with E-state index in [0.717, 1.165) is 0 Å². The van der Waals surface area contributed by atoms with E-state index in [1.54, 1.807) is 6.92 Å². The van der Waals surface area contributed by atoms with Gasteiger partial charge in [-0.2, -0.15) is 4.89 Å². The minimum atomic E-state index is -1.23. The maximum absolute atomic E-state index is 10.3. The zero-order valence-corrected chi connectivity index (χ0v) is 7.49. The van der Waals surface area contributed by atoms with Crippen molar-refractivity contribution in [2.75, 3.05) is 6.61 Å². The molecule has 0 aromatic carbocycles. The smallest absolute Gasteiger partial charge is 1.00 e. The first-order valence-electron chi connectivity index (χ1n) is 2.71. The van der Waals surface area contributed by atoms with E-state index >= 15 is 0 Å². The molecule has 62 valence electrons. The fraction of sp³-hybridized carbons (Fsp3) is 0.600. The normalized spacial score (nSPS) is 7.42. The van der Waals surface area contributed by atoms with Gasteiger partial charge in [-0.1, -0.05) is 0 Å². The summed E-state index contributed by atoms with van der Waals surface area (Å²) in [5.41, 5.74) is 0. The SMILES string of the molecule is CCOOC(=O)CC(=O)O.[H-].[H-].[Li+].[Li+]. The van der Waals surface area contributed by atoms with Gasteiger partial charge in [-0.05, 0) is 6.92 Å². The van der Waals surface area contributed by atoms with Crippen LogP contribution in [0.2, 0.25) is 0 Å². The van der Waals surface area contributed by atoms with Crippen molar-refractivity contribution in [2.45, 2.75) is 13.3 Å². The summed E-state index contributed by atoms with van der Waals surface area (Å²) in [5.74, 6) is -2.13. The third-order valence-corrected chi connectivity index (χ3v) is 0.565. The van der Waals surface area contributed by atoms with E-state index in [4.69, 9.17) is 5.11 Å². The van der Waals surface area contributed by atoms with Crippen LogP contribution in [0.1, 0.15) is 16.2 Å². The van der Waals surface area contributed by atoms with Crippen LogP contribution in [0.5, 0.6) is 0 Å². The molecular formula is C5H10Li2O5. The molecule has 0 amide bonds. The number of carboxylic acids is 1. The van der Waals surface area contributed by atoms with Crippen molar-refractivity contribution < 1.29 is 65.0 Å². The third-order valence-electron chi connectivity index (χ3n) is 0.565. The molecule has 0 radical (unpaired) electrons. The van der Waals surface area contributed by atoms with E-state index in [2.05, 4.69) is 9.78 Å². The van der Waals surface area contributed by atoms with Crippen molar-refractivity contribution in [1.29, 1.82) is 0 Å². The summed E-state index contributed by atoms with van der Waals surface area (Å²) >= 11 is 0. The monoisotopic (exact) mass is 164 g/mol. The van der Waals surface area contributed by atoms with Crippen LogP contribution in [-0.4, -0.2) is 23.7 Å². The Hall–Kier alpha value is 0.0948. The number of carbonyl (C=O) groups is 2. The van der Waals surface area contributed by atoms with Crippen molar-refractivity contribution in [3.05, 3.63) is 0 Å². The Morgan fingerprint density at radius 1 is 1.42 bits per heavy atom. The minimum Gasteiger partial charge on any atom is -1.00 e. The van der Waals surface area contributed by atoms with E-state index in [-0.39, 0.29) is 47.2 Å². The Morgan fingerprint density at radius 3 is 2.25 bits per heavy atom. The predicted molar refractivity (Wildman–Crippen MR) is 32.2 cm³/mol. The van der Waals surface area contributed by atoms with E-state index in [9.17, 15) is 9.59 Å². The van der Waals surface area contributed by atoms with E-state index in [1.165, 1.54) is 0 Å². The van der Waals surface area contributed by atoms with E-state index < -0.39 is 18.4 Å². The van der Waals surface area contributed by atoms with E-state index in [0.29, 0.717) is 0 Å². The molecule has 0 aromatic heterocycles. The molecule has 0 bridgehead atoms. The van der Waals surface area contributed by atoms with Gasteiger partial charge < -0.3 is 7.96 Å². The second kappa shape index (κ2) is 11.1. The van der Waals surface area contributed by atoms with Crippen LogP contribution in [-0.2, 0) is 19.4 Å². The topological polar surface area (TPSA) is 72.8 Å². The quantitative estimate of drug-likeness (QED) is 0.194. The van der Waals surface area contributed by atoms with Gasteiger partial charge in [0.1, 0.15) is 6.42 Å². The molecule has 0 aromatic rings. The fourth-order valence-corrected chi connectivity index (χ4v) is 0.278. The third kappa shape index (κ3) is 12.7. The number of hydrogen-bond acceptors (Lipinski definition) is 4. The standard InChI is InChI=1S/C5H8O5.2Li.2H/c1-2-9-10-5(8)3-4(6)7;;;;/h2-3H2,1H3,(H,6,7);;;;/q;2*+1;2*-1. The second-order valence-electron chi connectivity index (χ2n) is 1.43. The first-order chi connectivity index (χ1) is 4.66. The maximum Gasteiger partial charge on any atom is 1.00 e. The first kappa shape index (κ1) is 18.0. The molecule has 5 nitrogen and oxygen atoms in total. The Kier molecular flexibility index (Phi) is 16.6. The number of carbonyl (C=O) groups excluding carboxylic acids is 1. The fourth-order valence-electron chi connectivity index (χ4n) is 0.278. The van der Waals surface area contributed by atoms with Crippen LogP contribution < -0.4 is 37.7 Å². The zero-order chi connectivity index (χ0) is 7.98. The van der Waals surface area contributed by atoms with Gasteiger partial charge in [0.15, 0.2) is 0 Å². The minimum absolute atomic E-state index is 0. The van der Waals surface area contributed by atoms with Crippen molar-refractivity contribution >= 4 is 11.9 Å². The molecule has 0 aliphatic carbocycles. The van der Waals surface area contributed by atoms with Gasteiger partial charge in [-0.25, -0.2) is 4.79 Å². The van der Waals surface area contributed by atoms with Gasteiger partial charge in [0.05, 0.1) is 6.61 Å². The van der Waals surface area contributed by atoms with Gasteiger partial charge in [-0.15, -0.1) is 0 Å². The molecule has 0 heterocycles. The van der Waals surface area contributed by atoms with Gasteiger partial charge in [0.2, 0.25) is 0 Å². The zero-order valence-electron chi connectivity index (χ0n) is 9.49. The number of carboxylic acid groups (broad SMARTS) is 1. The van der Waals surface area contributed by atoms with Crippen LogP contribution in [0, 0.1) is 0 Å². The molecule has 0 unspecified atom stereocenters. The van der Waals surface area contributed by atoms with Crippen molar-refractivity contribution in [3.63, 3.8) is 0 Å². The second-order valence-corrected chi connectivity index (χ2v) is 1.43. The molecule has 1 N–H and O–H groups in total. The summed E-state index contributed by atoms with van der Waals surface area (Å²) in [6.45, 7) is 1.83. The number of rotatable bonds is 4. The van der Waals surface area contributed by atoms with Crippen LogP contribution >= 0.6 is 0 Å². The van der Waals surface area contributed by atoms with Crippen LogP contribution in [0.4, 0.5) is 0 Å². The Bertz CT molecular complexity index is 146. The predicted octanol–water partition coefficient (Wildman–Crippen LogP) is -5.81. The summed E-state index contributed by atoms with van der Waals surface area (Å²) in [5, 5.41) is 8.03. The molecule has 12 heavy (non-hydrogen) atoms. The first-order valence-corrected chi connectivity index (χ1v) is 2.71. The Balaban J connectivity index is -0.0000000675. The van der Waals surface area contributed by atoms with Gasteiger partial charge in [0.25, 0.3) is 0 Å². The van der Waals surface area contributed by atoms with Gasteiger partial charge in [-0.3, -0.25) is 9.68 Å². The molecular weight excluding hydrogens is 154 g/mol. The summed E-state index contributed by atoms with van der Waals surface area (Å²) in [7, 11) is 0. The van der Waals surface area contributed by atoms with Crippen molar-refractivity contribution in [3.8, 4) is 0 Å². The van der Waals surface area contributed by atoms with Crippen molar-refractivity contribution in [1.82, 2.24) is 0 Å². The average molecular weight is 164 g/mol. The summed E-state index contributed by atoms with van der Waals surface area (Å²) < 4.78 is 0. The Labute approximate surface area is 97.0 Å². The summed E-state index contributed by atoms with van der Waals surface area (Å²) in [6, 6.07) is 0. The molecule has 0 aliphatic rings. The molecule has 0 rings (SSSR count). The molecule has 0 atom stereocenters. The summed E-state index contributed by atoms with van der Waals surface area (Å²) in [4.78, 5) is 28.3.